The summed E-state index contributed by atoms with van der Waals surface area (Å²) >= 11 is 0. The summed E-state index contributed by atoms with van der Waals surface area (Å²) in [4.78, 5) is 20.9. The molecule has 0 radical (unpaired) electrons. The van der Waals surface area contributed by atoms with Crippen molar-refractivity contribution in [3.05, 3.63) is 36.2 Å². The summed E-state index contributed by atoms with van der Waals surface area (Å²) in [6.07, 6.45) is 8.51. The number of carbonyl (C=O) groups excluding carboxylic acids is 1. The lowest BCUT2D eigenvalue weighted by atomic mass is 10.1. The van der Waals surface area contributed by atoms with Gasteiger partial charge in [-0.3, -0.25) is 4.90 Å². The molecular formula is C21H31N5O. The molecule has 0 aliphatic carbocycles. The van der Waals surface area contributed by atoms with E-state index in [1.807, 2.05) is 33.9 Å². The number of hydrogen-bond acceptors (Lipinski definition) is 4. The van der Waals surface area contributed by atoms with E-state index in [1.54, 1.807) is 17.3 Å². The minimum atomic E-state index is -0.242. The van der Waals surface area contributed by atoms with Crippen LogP contribution in [0.2, 0.25) is 0 Å². The van der Waals surface area contributed by atoms with Gasteiger partial charge >= 0.3 is 6.03 Å². The SMILES string of the molecule is C=CC1C=C(/C(=C\C)N2CCC(NC)C2)N=CN1C(=O)NCC#CC(C)C. The average Bonchev–Trinajstić information content (AvgIpc) is 3.14. The predicted molar refractivity (Wildman–Crippen MR) is 111 cm³/mol. The first-order chi connectivity index (χ1) is 13.0. The topological polar surface area (TPSA) is 60.0 Å². The highest BCUT2D eigenvalue weighted by Crippen LogP contribution is 2.25. The summed E-state index contributed by atoms with van der Waals surface area (Å²) in [6.45, 7) is 12.2. The van der Waals surface area contributed by atoms with Crippen molar-refractivity contribution in [2.75, 3.05) is 26.7 Å². The predicted octanol–water partition coefficient (Wildman–Crippen LogP) is 2.34. The second kappa shape index (κ2) is 9.98. The molecule has 2 rings (SSSR count). The third kappa shape index (κ3) is 5.48. The molecule has 0 spiro atoms. The molecule has 0 bridgehead atoms. The number of hydrogen-bond donors (Lipinski definition) is 2. The number of allylic oxidation sites excluding steroid dienone is 1. The summed E-state index contributed by atoms with van der Waals surface area (Å²) in [5, 5.41) is 6.14. The summed E-state index contributed by atoms with van der Waals surface area (Å²) < 4.78 is 0. The van der Waals surface area contributed by atoms with Gasteiger partial charge in [-0.1, -0.05) is 37.8 Å². The van der Waals surface area contributed by atoms with Crippen molar-refractivity contribution in [2.45, 2.75) is 39.3 Å². The fourth-order valence-corrected chi connectivity index (χ4v) is 3.18. The van der Waals surface area contributed by atoms with Gasteiger partial charge in [-0.05, 0) is 26.5 Å². The zero-order valence-corrected chi connectivity index (χ0v) is 16.8. The summed E-state index contributed by atoms with van der Waals surface area (Å²) in [7, 11) is 2.00. The molecule has 6 heteroatoms. The minimum Gasteiger partial charge on any atom is -0.368 e. The smallest absolute Gasteiger partial charge is 0.324 e. The van der Waals surface area contributed by atoms with Gasteiger partial charge in [0, 0.05) is 25.0 Å². The lowest BCUT2D eigenvalue weighted by Gasteiger charge is -2.30. The number of carbonyl (C=O) groups is 1. The first-order valence-electron chi connectivity index (χ1n) is 9.52. The number of aliphatic imine (C=N–C) groups is 1. The van der Waals surface area contributed by atoms with Gasteiger partial charge in [-0.15, -0.1) is 6.58 Å². The van der Waals surface area contributed by atoms with Crippen LogP contribution in [0.1, 0.15) is 27.2 Å². The van der Waals surface area contributed by atoms with Crippen LogP contribution >= 0.6 is 0 Å². The van der Waals surface area contributed by atoms with Gasteiger partial charge in [0.25, 0.3) is 0 Å². The molecule has 2 aliphatic heterocycles. The van der Waals surface area contributed by atoms with Gasteiger partial charge in [-0.25, -0.2) is 9.79 Å². The van der Waals surface area contributed by atoms with E-state index in [1.165, 1.54) is 0 Å². The Balaban J connectivity index is 2.05. The molecule has 146 valence electrons. The van der Waals surface area contributed by atoms with Crippen molar-refractivity contribution in [1.29, 1.82) is 0 Å². The number of nitrogens with one attached hydrogen (secondary N) is 2. The Labute approximate surface area is 163 Å². The van der Waals surface area contributed by atoms with Crippen molar-refractivity contribution in [3.8, 4) is 11.8 Å². The molecule has 2 aliphatic rings. The largest absolute Gasteiger partial charge is 0.368 e. The van der Waals surface area contributed by atoms with Gasteiger partial charge in [0.15, 0.2) is 0 Å². The molecule has 2 heterocycles. The van der Waals surface area contributed by atoms with E-state index in [2.05, 4.69) is 45.0 Å². The maximum atomic E-state index is 12.4. The number of rotatable bonds is 5. The fourth-order valence-electron chi connectivity index (χ4n) is 3.18. The molecule has 1 fully saturated rings. The van der Waals surface area contributed by atoms with Gasteiger partial charge in [-0.2, -0.15) is 0 Å². The molecule has 27 heavy (non-hydrogen) atoms. The van der Waals surface area contributed by atoms with Crippen molar-refractivity contribution >= 4 is 12.4 Å². The number of nitrogens with zero attached hydrogens (tertiary/aromatic N) is 3. The molecule has 0 saturated carbocycles. The maximum Gasteiger partial charge on any atom is 0.324 e. The number of likely N-dealkylation sites (N-methyl/N-ethyl adjacent to an activating group) is 1. The quantitative estimate of drug-likeness (QED) is 0.578. The van der Waals surface area contributed by atoms with Gasteiger partial charge in [0.1, 0.15) is 6.34 Å². The second-order valence-corrected chi connectivity index (χ2v) is 6.96. The zero-order chi connectivity index (χ0) is 19.8. The van der Waals surface area contributed by atoms with E-state index in [0.717, 1.165) is 30.9 Å². The van der Waals surface area contributed by atoms with E-state index < -0.39 is 0 Å². The van der Waals surface area contributed by atoms with Crippen LogP contribution in [0.4, 0.5) is 4.79 Å². The molecule has 2 unspecified atom stereocenters. The van der Waals surface area contributed by atoms with Gasteiger partial charge < -0.3 is 15.5 Å². The van der Waals surface area contributed by atoms with Crippen molar-refractivity contribution in [1.82, 2.24) is 20.4 Å². The lowest BCUT2D eigenvalue weighted by Crippen LogP contribution is -2.45. The highest BCUT2D eigenvalue weighted by Gasteiger charge is 2.27. The highest BCUT2D eigenvalue weighted by atomic mass is 16.2. The van der Waals surface area contributed by atoms with E-state index in [-0.39, 0.29) is 18.0 Å². The van der Waals surface area contributed by atoms with Crippen LogP contribution in [0.15, 0.2) is 41.2 Å². The molecule has 0 aromatic rings. The highest BCUT2D eigenvalue weighted by molar-refractivity contribution is 5.88. The number of amides is 2. The summed E-state index contributed by atoms with van der Waals surface area (Å²) in [6, 6.07) is 0.0289. The zero-order valence-electron chi connectivity index (χ0n) is 16.8. The van der Waals surface area contributed by atoms with Crippen LogP contribution in [0.25, 0.3) is 0 Å². The Morgan fingerprint density at radius 1 is 1.52 bits per heavy atom. The fraction of sp³-hybridized carbons (Fsp3) is 0.524. The molecule has 0 aromatic carbocycles. The third-order valence-corrected chi connectivity index (χ3v) is 4.64. The Hall–Kier alpha value is -2.52. The number of urea groups is 1. The Morgan fingerprint density at radius 2 is 2.30 bits per heavy atom. The average molecular weight is 370 g/mol. The van der Waals surface area contributed by atoms with E-state index in [0.29, 0.717) is 12.6 Å². The molecular weight excluding hydrogens is 338 g/mol. The Kier molecular flexibility index (Phi) is 7.68. The Bertz CT molecular complexity index is 695. The maximum absolute atomic E-state index is 12.4. The van der Waals surface area contributed by atoms with Crippen LogP contribution in [-0.4, -0.2) is 60.9 Å². The minimum absolute atomic E-state index is 0.226. The molecule has 1 saturated heterocycles. The molecule has 2 atom stereocenters. The van der Waals surface area contributed by atoms with E-state index in [4.69, 9.17) is 0 Å². The van der Waals surface area contributed by atoms with Crippen molar-refractivity contribution in [2.24, 2.45) is 10.9 Å². The first kappa shape index (κ1) is 20.8. The van der Waals surface area contributed by atoms with E-state index in [9.17, 15) is 4.79 Å². The second-order valence-electron chi connectivity index (χ2n) is 6.96. The van der Waals surface area contributed by atoms with Crippen LogP contribution in [0, 0.1) is 17.8 Å². The summed E-state index contributed by atoms with van der Waals surface area (Å²) in [5.74, 6) is 6.27. The summed E-state index contributed by atoms with van der Waals surface area (Å²) in [5.41, 5.74) is 1.97. The van der Waals surface area contributed by atoms with Gasteiger partial charge in [0.2, 0.25) is 0 Å². The standard InChI is InChI=1S/C21H31N5O/c1-6-18-13-19(20(7-2)25-12-10-17(14-25)22-5)24-15-26(18)21(27)23-11-8-9-16(3)4/h6-7,13,15-18,22H,1,10-12,14H2,2-5H3,(H,23,27)/b20-7+. The van der Waals surface area contributed by atoms with Gasteiger partial charge in [0.05, 0.1) is 24.0 Å². The Morgan fingerprint density at radius 3 is 2.89 bits per heavy atom. The molecule has 2 N–H and O–H groups in total. The van der Waals surface area contributed by atoms with Crippen LogP contribution in [-0.2, 0) is 0 Å². The normalized spacial score (nSPS) is 22.4. The molecule has 6 nitrogen and oxygen atoms in total. The van der Waals surface area contributed by atoms with Crippen molar-refractivity contribution < 1.29 is 4.79 Å². The molecule has 2 amide bonds. The van der Waals surface area contributed by atoms with Crippen LogP contribution in [0.5, 0.6) is 0 Å². The van der Waals surface area contributed by atoms with E-state index >= 15 is 0 Å². The monoisotopic (exact) mass is 369 g/mol. The van der Waals surface area contributed by atoms with Crippen LogP contribution < -0.4 is 10.6 Å². The number of likely N-dealkylation sites (tertiary alicyclic amines) is 1. The first-order valence-corrected chi connectivity index (χ1v) is 9.52. The molecule has 0 aromatic heterocycles. The third-order valence-electron chi connectivity index (χ3n) is 4.64. The van der Waals surface area contributed by atoms with Crippen LogP contribution in [0.3, 0.4) is 0 Å². The van der Waals surface area contributed by atoms with Crippen molar-refractivity contribution in [3.63, 3.8) is 0 Å². The lowest BCUT2D eigenvalue weighted by molar-refractivity contribution is 0.220.